The number of piperazine rings is 1. The van der Waals surface area contributed by atoms with Crippen LogP contribution < -0.4 is 0 Å². The van der Waals surface area contributed by atoms with Crippen molar-refractivity contribution in [2.24, 2.45) is 5.92 Å². The van der Waals surface area contributed by atoms with Crippen molar-refractivity contribution in [1.82, 2.24) is 19.0 Å². The lowest BCUT2D eigenvalue weighted by molar-refractivity contribution is -0.138. The number of amides is 3. The zero-order valence-electron chi connectivity index (χ0n) is 19.9. The van der Waals surface area contributed by atoms with Crippen molar-refractivity contribution in [2.45, 2.75) is 43.9 Å². The highest BCUT2D eigenvalue weighted by molar-refractivity contribution is 7.89. The Balaban J connectivity index is 1.55. The Morgan fingerprint density at radius 2 is 1.41 bits per heavy atom. The molecule has 2 aliphatic heterocycles. The van der Waals surface area contributed by atoms with Crippen molar-refractivity contribution in [3.8, 4) is 0 Å². The molecule has 0 unspecified atom stereocenters. The number of carbonyl (C=O) groups excluding carboxylic acids is 2. The van der Waals surface area contributed by atoms with Crippen LogP contribution in [0.2, 0.25) is 0 Å². The average molecular weight is 465 g/mol. The minimum Gasteiger partial charge on any atom is -0.340 e. The van der Waals surface area contributed by atoms with Crippen LogP contribution in [0.15, 0.2) is 29.2 Å². The predicted molar refractivity (Wildman–Crippen MR) is 124 cm³/mol. The van der Waals surface area contributed by atoms with Crippen molar-refractivity contribution in [3.05, 3.63) is 29.8 Å². The number of urea groups is 1. The maximum Gasteiger partial charge on any atom is 0.319 e. The molecule has 3 rings (SSSR count). The highest BCUT2D eigenvalue weighted by Gasteiger charge is 2.34. The summed E-state index contributed by atoms with van der Waals surface area (Å²) in [6, 6.07) is 7.08. The number of hydrogen-bond acceptors (Lipinski definition) is 4. The van der Waals surface area contributed by atoms with Gasteiger partial charge >= 0.3 is 6.03 Å². The molecule has 1 aromatic carbocycles. The third-order valence-electron chi connectivity index (χ3n) is 6.41. The normalized spacial score (nSPS) is 19.2. The first kappa shape index (κ1) is 24.5. The van der Waals surface area contributed by atoms with E-state index >= 15 is 0 Å². The molecule has 0 aliphatic carbocycles. The van der Waals surface area contributed by atoms with Crippen LogP contribution in [0, 0.1) is 5.92 Å². The van der Waals surface area contributed by atoms with Crippen LogP contribution in [0.3, 0.4) is 0 Å². The van der Waals surface area contributed by atoms with Gasteiger partial charge in [0.25, 0.3) is 0 Å². The van der Waals surface area contributed by atoms with Gasteiger partial charge in [-0.15, -0.1) is 0 Å². The van der Waals surface area contributed by atoms with E-state index < -0.39 is 10.0 Å². The summed E-state index contributed by atoms with van der Waals surface area (Å²) >= 11 is 0. The topological polar surface area (TPSA) is 81.2 Å². The number of piperidine rings is 1. The largest absolute Gasteiger partial charge is 0.340 e. The molecule has 2 saturated heterocycles. The van der Waals surface area contributed by atoms with E-state index in [0.717, 1.165) is 5.56 Å². The molecule has 0 N–H and O–H groups in total. The second-order valence-corrected chi connectivity index (χ2v) is 11.9. The van der Waals surface area contributed by atoms with E-state index in [1.165, 1.54) is 4.31 Å². The van der Waals surface area contributed by atoms with Crippen LogP contribution in [-0.4, -0.2) is 92.7 Å². The maximum absolute atomic E-state index is 13.1. The van der Waals surface area contributed by atoms with Crippen molar-refractivity contribution in [3.63, 3.8) is 0 Å². The van der Waals surface area contributed by atoms with Gasteiger partial charge in [0.05, 0.1) is 4.90 Å². The second-order valence-electron chi connectivity index (χ2n) is 9.94. The summed E-state index contributed by atoms with van der Waals surface area (Å²) in [4.78, 5) is 30.5. The van der Waals surface area contributed by atoms with E-state index in [1.807, 2.05) is 12.1 Å². The van der Waals surface area contributed by atoms with Gasteiger partial charge in [0, 0.05) is 59.3 Å². The molecule has 0 spiro atoms. The van der Waals surface area contributed by atoms with Crippen molar-refractivity contribution in [2.75, 3.05) is 53.4 Å². The average Bonchev–Trinajstić information content (AvgIpc) is 2.77. The number of hydrogen-bond donors (Lipinski definition) is 0. The molecular formula is C23H36N4O4S. The molecule has 2 heterocycles. The van der Waals surface area contributed by atoms with E-state index in [-0.39, 0.29) is 23.3 Å². The highest BCUT2D eigenvalue weighted by atomic mass is 32.2. The fraction of sp³-hybridized carbons (Fsp3) is 0.652. The lowest BCUT2D eigenvalue weighted by Gasteiger charge is -2.38. The first-order valence-corrected chi connectivity index (χ1v) is 12.7. The highest BCUT2D eigenvalue weighted by Crippen LogP contribution is 2.26. The molecule has 0 saturated carbocycles. The van der Waals surface area contributed by atoms with Crippen molar-refractivity contribution in [1.29, 1.82) is 0 Å². The Labute approximate surface area is 192 Å². The number of likely N-dealkylation sites (tertiary alicyclic amines) is 1. The van der Waals surface area contributed by atoms with Gasteiger partial charge < -0.3 is 14.7 Å². The van der Waals surface area contributed by atoms with Crippen LogP contribution in [0.1, 0.15) is 39.2 Å². The van der Waals surface area contributed by atoms with E-state index in [9.17, 15) is 18.0 Å². The third-order valence-corrected chi connectivity index (χ3v) is 8.32. The third kappa shape index (κ3) is 5.26. The minimum absolute atomic E-state index is 0.0229. The minimum atomic E-state index is -3.58. The standard InChI is InChI=1S/C23H36N4O4S/c1-23(2,3)19-6-8-20(9-7-19)32(30,31)27-16-14-25(15-17-27)21(28)18-10-12-26(13-11-18)22(29)24(4)5/h6-9,18H,10-17H2,1-5H3. The van der Waals surface area contributed by atoms with Gasteiger partial charge in [-0.2, -0.15) is 4.31 Å². The van der Waals surface area contributed by atoms with Crippen LogP contribution in [0.25, 0.3) is 0 Å². The monoisotopic (exact) mass is 464 g/mol. The van der Waals surface area contributed by atoms with Crippen molar-refractivity contribution >= 4 is 22.0 Å². The van der Waals surface area contributed by atoms with Crippen LogP contribution in [-0.2, 0) is 20.2 Å². The van der Waals surface area contributed by atoms with E-state index in [4.69, 9.17) is 0 Å². The molecule has 0 radical (unpaired) electrons. The maximum atomic E-state index is 13.1. The second kappa shape index (κ2) is 9.39. The SMILES string of the molecule is CN(C)C(=O)N1CCC(C(=O)N2CCN(S(=O)(=O)c3ccc(C(C)(C)C)cc3)CC2)CC1. The zero-order valence-corrected chi connectivity index (χ0v) is 20.7. The van der Waals surface area contributed by atoms with Crippen molar-refractivity contribution < 1.29 is 18.0 Å². The molecule has 32 heavy (non-hydrogen) atoms. The molecule has 3 amide bonds. The number of rotatable bonds is 3. The van der Waals surface area contributed by atoms with Gasteiger partial charge in [-0.05, 0) is 36.0 Å². The molecule has 1 aromatic rings. The van der Waals surface area contributed by atoms with E-state index in [0.29, 0.717) is 57.0 Å². The van der Waals surface area contributed by atoms with Gasteiger partial charge in [-0.3, -0.25) is 4.79 Å². The Kier molecular flexibility index (Phi) is 7.19. The quantitative estimate of drug-likeness (QED) is 0.687. The molecule has 2 fully saturated rings. The van der Waals surface area contributed by atoms with Gasteiger partial charge in [0.15, 0.2) is 0 Å². The lowest BCUT2D eigenvalue weighted by atomic mass is 9.87. The molecule has 178 valence electrons. The first-order valence-electron chi connectivity index (χ1n) is 11.3. The fourth-order valence-corrected chi connectivity index (χ4v) is 5.71. The summed E-state index contributed by atoms with van der Waals surface area (Å²) < 4.78 is 27.6. The fourth-order valence-electron chi connectivity index (χ4n) is 4.28. The summed E-state index contributed by atoms with van der Waals surface area (Å²) in [5, 5.41) is 0. The summed E-state index contributed by atoms with van der Waals surface area (Å²) in [5.74, 6) is -0.0251. The first-order chi connectivity index (χ1) is 14.9. The van der Waals surface area contributed by atoms with Gasteiger partial charge in [-0.25, -0.2) is 13.2 Å². The molecule has 2 aliphatic rings. The van der Waals surface area contributed by atoms with Crippen LogP contribution in [0.4, 0.5) is 4.79 Å². The smallest absolute Gasteiger partial charge is 0.319 e. The van der Waals surface area contributed by atoms with Crippen LogP contribution >= 0.6 is 0 Å². The van der Waals surface area contributed by atoms with E-state index in [1.54, 1.807) is 40.9 Å². The molecule has 9 heteroatoms. The van der Waals surface area contributed by atoms with Crippen LogP contribution in [0.5, 0.6) is 0 Å². The Morgan fingerprint density at radius 1 is 0.875 bits per heavy atom. The Bertz CT molecular complexity index is 922. The summed E-state index contributed by atoms with van der Waals surface area (Å²) in [6.07, 6.45) is 1.30. The Hall–Kier alpha value is -2.13. The number of sulfonamides is 1. The van der Waals surface area contributed by atoms with Gasteiger partial charge in [-0.1, -0.05) is 32.9 Å². The number of nitrogens with zero attached hydrogens (tertiary/aromatic N) is 4. The summed E-state index contributed by atoms with van der Waals surface area (Å²) in [6.45, 7) is 8.83. The van der Waals surface area contributed by atoms with Gasteiger partial charge in [0.1, 0.15) is 0 Å². The molecule has 8 nitrogen and oxygen atoms in total. The number of carbonyl (C=O) groups is 2. The summed E-state index contributed by atoms with van der Waals surface area (Å²) in [5.41, 5.74) is 1.05. The summed E-state index contributed by atoms with van der Waals surface area (Å²) in [7, 11) is -0.120. The van der Waals surface area contributed by atoms with Gasteiger partial charge in [0.2, 0.25) is 15.9 Å². The molecule has 0 atom stereocenters. The predicted octanol–water partition coefficient (Wildman–Crippen LogP) is 2.21. The Morgan fingerprint density at radius 3 is 1.88 bits per heavy atom. The molecule has 0 bridgehead atoms. The zero-order chi connectivity index (χ0) is 23.7. The lowest BCUT2D eigenvalue weighted by Crippen LogP contribution is -2.53. The number of benzene rings is 1. The van der Waals surface area contributed by atoms with E-state index in [2.05, 4.69) is 20.8 Å². The molecular weight excluding hydrogens is 428 g/mol. The molecule has 0 aromatic heterocycles.